The van der Waals surface area contributed by atoms with E-state index in [4.69, 9.17) is 4.74 Å². The lowest BCUT2D eigenvalue weighted by Gasteiger charge is -2.33. The summed E-state index contributed by atoms with van der Waals surface area (Å²) in [6, 6.07) is 19.9. The Kier molecular flexibility index (Phi) is 6.11. The molecule has 0 saturated carbocycles. The number of ether oxygens (including phenoxy) is 1. The number of amides is 1. The molecule has 0 bridgehead atoms. The Labute approximate surface area is 186 Å². The van der Waals surface area contributed by atoms with E-state index in [1.165, 1.54) is 28.3 Å². The molecule has 31 heavy (non-hydrogen) atoms. The number of H-pyrrole nitrogens is 1. The van der Waals surface area contributed by atoms with Gasteiger partial charge in [-0.1, -0.05) is 54.6 Å². The first-order valence-electron chi connectivity index (χ1n) is 10.2. The van der Waals surface area contributed by atoms with Gasteiger partial charge in [-0.25, -0.2) is 4.79 Å². The van der Waals surface area contributed by atoms with Crippen LogP contribution in [0.2, 0.25) is 0 Å². The Hall–Kier alpha value is -3.09. The van der Waals surface area contributed by atoms with Gasteiger partial charge < -0.3 is 19.9 Å². The number of hydrogen-bond acceptors (Lipinski definition) is 4. The van der Waals surface area contributed by atoms with Crippen molar-refractivity contribution < 1.29 is 9.53 Å². The van der Waals surface area contributed by atoms with Gasteiger partial charge in [0.1, 0.15) is 6.61 Å². The number of nitrogens with one attached hydrogen (secondary N) is 2. The number of fused-ring (bicyclic) bond motifs is 3. The second-order valence-electron chi connectivity index (χ2n) is 7.74. The van der Waals surface area contributed by atoms with E-state index in [0.717, 1.165) is 5.56 Å². The number of nitrogens with zero attached hydrogens (tertiary/aromatic N) is 1. The molecule has 1 aliphatic heterocycles. The maximum absolute atomic E-state index is 12.8. The molecule has 1 saturated heterocycles. The van der Waals surface area contributed by atoms with Crippen LogP contribution >= 0.6 is 12.4 Å². The van der Waals surface area contributed by atoms with Crippen molar-refractivity contribution in [3.8, 4) is 11.1 Å². The Morgan fingerprint density at radius 3 is 2.32 bits per heavy atom. The number of aromatic amines is 1. The van der Waals surface area contributed by atoms with Gasteiger partial charge in [0.2, 0.25) is 5.56 Å². The highest BCUT2D eigenvalue weighted by Gasteiger charge is 2.31. The van der Waals surface area contributed by atoms with E-state index >= 15 is 0 Å². The standard InChI is InChI=1S/C24H23N3O3.ClH/c28-23-10-9-16(13-26-23)22-14-27(12-11-25-22)24(29)30-15-21-19-7-3-1-5-17(19)18-6-2-4-8-20(18)21;/h1-10,13,21-22,25H,11-12,14-15H2,(H,26,28);1H. The molecule has 1 aliphatic carbocycles. The van der Waals surface area contributed by atoms with Gasteiger partial charge in [0.05, 0.1) is 6.04 Å². The van der Waals surface area contributed by atoms with Crippen LogP contribution in [0.3, 0.4) is 0 Å². The molecule has 2 aromatic carbocycles. The highest BCUT2D eigenvalue weighted by molar-refractivity contribution is 5.85. The van der Waals surface area contributed by atoms with Crippen molar-refractivity contribution >= 4 is 18.5 Å². The molecule has 1 amide bonds. The molecule has 6 nitrogen and oxygen atoms in total. The van der Waals surface area contributed by atoms with Crippen LogP contribution in [0.5, 0.6) is 0 Å². The van der Waals surface area contributed by atoms with E-state index < -0.39 is 0 Å². The largest absolute Gasteiger partial charge is 0.448 e. The lowest BCUT2D eigenvalue weighted by molar-refractivity contribution is 0.0883. The van der Waals surface area contributed by atoms with Crippen LogP contribution in [0.4, 0.5) is 4.79 Å². The minimum Gasteiger partial charge on any atom is -0.448 e. The number of aromatic nitrogens is 1. The topological polar surface area (TPSA) is 74.4 Å². The third-order valence-electron chi connectivity index (χ3n) is 5.98. The van der Waals surface area contributed by atoms with Crippen LogP contribution in [0.15, 0.2) is 71.7 Å². The number of benzene rings is 2. The summed E-state index contributed by atoms with van der Waals surface area (Å²) in [5.74, 6) is 0.0549. The zero-order chi connectivity index (χ0) is 20.5. The summed E-state index contributed by atoms with van der Waals surface area (Å²) < 4.78 is 5.78. The highest BCUT2D eigenvalue weighted by atomic mass is 35.5. The van der Waals surface area contributed by atoms with Crippen molar-refractivity contribution in [2.75, 3.05) is 26.2 Å². The Morgan fingerprint density at radius 2 is 1.68 bits per heavy atom. The van der Waals surface area contributed by atoms with Crippen LogP contribution < -0.4 is 10.9 Å². The molecule has 1 unspecified atom stereocenters. The molecular formula is C24H24ClN3O3. The summed E-state index contributed by atoms with van der Waals surface area (Å²) in [5, 5.41) is 3.39. The first-order valence-corrected chi connectivity index (χ1v) is 10.2. The molecule has 5 rings (SSSR count). The molecule has 2 N–H and O–H groups in total. The quantitative estimate of drug-likeness (QED) is 0.655. The first-order chi connectivity index (χ1) is 14.7. The Bertz CT molecular complexity index is 1080. The van der Waals surface area contributed by atoms with Gasteiger partial charge >= 0.3 is 6.09 Å². The van der Waals surface area contributed by atoms with Crippen LogP contribution in [-0.2, 0) is 4.74 Å². The summed E-state index contributed by atoms with van der Waals surface area (Å²) in [4.78, 5) is 28.6. The third kappa shape index (κ3) is 4.09. The van der Waals surface area contributed by atoms with Crippen LogP contribution in [0, 0.1) is 0 Å². The molecule has 0 spiro atoms. The molecular weight excluding hydrogens is 414 g/mol. The molecule has 1 fully saturated rings. The van der Waals surface area contributed by atoms with Gasteiger partial charge in [0.25, 0.3) is 0 Å². The highest BCUT2D eigenvalue weighted by Crippen LogP contribution is 2.44. The average molecular weight is 438 g/mol. The van der Waals surface area contributed by atoms with Gasteiger partial charge in [-0.2, -0.15) is 0 Å². The zero-order valence-corrected chi connectivity index (χ0v) is 17.7. The van der Waals surface area contributed by atoms with E-state index in [1.807, 2.05) is 24.3 Å². The maximum atomic E-state index is 12.8. The number of rotatable bonds is 3. The van der Waals surface area contributed by atoms with E-state index in [-0.39, 0.29) is 36.0 Å². The number of piperazine rings is 1. The van der Waals surface area contributed by atoms with Crippen LogP contribution in [-0.4, -0.2) is 42.2 Å². The Morgan fingerprint density at radius 1 is 1.00 bits per heavy atom. The Balaban J connectivity index is 0.00000231. The summed E-state index contributed by atoms with van der Waals surface area (Å²) in [7, 11) is 0. The summed E-state index contributed by atoms with van der Waals surface area (Å²) >= 11 is 0. The minimum atomic E-state index is -0.298. The van der Waals surface area contributed by atoms with Crippen molar-refractivity contribution in [1.29, 1.82) is 0 Å². The van der Waals surface area contributed by atoms with Crippen molar-refractivity contribution in [1.82, 2.24) is 15.2 Å². The molecule has 7 heteroatoms. The predicted octanol–water partition coefficient (Wildman–Crippen LogP) is 3.69. The normalized spacial score (nSPS) is 17.4. The van der Waals surface area contributed by atoms with Crippen molar-refractivity contribution in [3.05, 3.63) is 93.9 Å². The van der Waals surface area contributed by atoms with Gasteiger partial charge in [-0.15, -0.1) is 12.4 Å². The number of pyridine rings is 1. The van der Waals surface area contributed by atoms with Gasteiger partial charge in [-0.05, 0) is 27.8 Å². The fourth-order valence-electron chi connectivity index (χ4n) is 4.46. The lowest BCUT2D eigenvalue weighted by Crippen LogP contribution is -2.48. The van der Waals surface area contributed by atoms with E-state index in [2.05, 4.69) is 34.6 Å². The predicted molar refractivity (Wildman–Crippen MR) is 122 cm³/mol. The van der Waals surface area contributed by atoms with Crippen LogP contribution in [0.25, 0.3) is 11.1 Å². The van der Waals surface area contributed by atoms with Gasteiger partial charge in [0.15, 0.2) is 0 Å². The van der Waals surface area contributed by atoms with Crippen molar-refractivity contribution in [3.63, 3.8) is 0 Å². The number of carbonyl (C=O) groups excluding carboxylic acids is 1. The average Bonchev–Trinajstić information content (AvgIpc) is 3.12. The summed E-state index contributed by atoms with van der Waals surface area (Å²) in [6.45, 7) is 2.09. The van der Waals surface area contributed by atoms with E-state index in [1.54, 1.807) is 17.2 Å². The second kappa shape index (κ2) is 8.96. The fourth-order valence-corrected chi connectivity index (χ4v) is 4.46. The number of hydrogen-bond donors (Lipinski definition) is 2. The van der Waals surface area contributed by atoms with E-state index in [9.17, 15) is 9.59 Å². The molecule has 3 aromatic rings. The van der Waals surface area contributed by atoms with Crippen molar-refractivity contribution in [2.45, 2.75) is 12.0 Å². The second-order valence-corrected chi connectivity index (χ2v) is 7.74. The van der Waals surface area contributed by atoms with Gasteiger partial charge in [0, 0.05) is 37.8 Å². The van der Waals surface area contributed by atoms with Crippen LogP contribution in [0.1, 0.15) is 28.7 Å². The van der Waals surface area contributed by atoms with E-state index in [0.29, 0.717) is 26.2 Å². The van der Waals surface area contributed by atoms with Gasteiger partial charge in [-0.3, -0.25) is 4.79 Å². The lowest BCUT2D eigenvalue weighted by atomic mass is 9.98. The SMILES string of the molecule is Cl.O=C(OCC1c2ccccc2-c2ccccc21)N1CCNC(c2ccc(=O)[nH]c2)C1. The molecule has 160 valence electrons. The monoisotopic (exact) mass is 437 g/mol. The fraction of sp³-hybridized carbons (Fsp3) is 0.250. The molecule has 1 atom stereocenters. The third-order valence-corrected chi connectivity index (χ3v) is 5.98. The molecule has 2 aliphatic rings. The number of halogens is 1. The molecule has 0 radical (unpaired) electrons. The number of carbonyl (C=O) groups is 1. The molecule has 2 heterocycles. The first kappa shape index (κ1) is 21.2. The molecule has 1 aromatic heterocycles. The smallest absolute Gasteiger partial charge is 0.409 e. The zero-order valence-electron chi connectivity index (χ0n) is 16.9. The van der Waals surface area contributed by atoms with Crippen molar-refractivity contribution in [2.24, 2.45) is 0 Å². The summed E-state index contributed by atoms with van der Waals surface area (Å²) in [5.41, 5.74) is 5.66. The summed E-state index contributed by atoms with van der Waals surface area (Å²) in [6.07, 6.45) is 1.40. The minimum absolute atomic E-state index is 0. The maximum Gasteiger partial charge on any atom is 0.409 e.